The van der Waals surface area contributed by atoms with E-state index in [1.807, 2.05) is 0 Å². The third-order valence-electron chi connectivity index (χ3n) is 5.27. The van der Waals surface area contributed by atoms with E-state index in [-0.39, 0.29) is 0 Å². The first kappa shape index (κ1) is 12.3. The van der Waals surface area contributed by atoms with Gasteiger partial charge in [-0.2, -0.15) is 0 Å². The lowest BCUT2D eigenvalue weighted by Crippen LogP contribution is -2.55. The average Bonchev–Trinajstić information content (AvgIpc) is 2.93. The lowest BCUT2D eigenvalue weighted by Gasteiger charge is -2.44. The zero-order valence-corrected chi connectivity index (χ0v) is 11.5. The van der Waals surface area contributed by atoms with Crippen molar-refractivity contribution < 1.29 is 0 Å². The summed E-state index contributed by atoms with van der Waals surface area (Å²) in [6.07, 6.45) is 15.0. The molecule has 2 fully saturated rings. The van der Waals surface area contributed by atoms with Gasteiger partial charge < -0.3 is 10.6 Å². The van der Waals surface area contributed by atoms with Crippen LogP contribution >= 0.6 is 0 Å². The fraction of sp³-hybridized carbons (Fsp3) is 0.933. The van der Waals surface area contributed by atoms with Gasteiger partial charge in [-0.05, 0) is 25.7 Å². The van der Waals surface area contributed by atoms with E-state index in [2.05, 4.69) is 9.89 Å². The predicted octanol–water partition coefficient (Wildman–Crippen LogP) is 3.04. The largest absolute Gasteiger partial charge is 0.370 e. The van der Waals surface area contributed by atoms with Crippen LogP contribution in [0, 0.1) is 0 Å². The minimum Gasteiger partial charge on any atom is -0.370 e. The summed E-state index contributed by atoms with van der Waals surface area (Å²) >= 11 is 0. The topological polar surface area (TPSA) is 41.6 Å². The van der Waals surface area contributed by atoms with Crippen molar-refractivity contribution in [3.8, 4) is 0 Å². The highest BCUT2D eigenvalue weighted by Gasteiger charge is 2.45. The molecule has 0 atom stereocenters. The molecule has 0 aromatic heterocycles. The van der Waals surface area contributed by atoms with E-state index in [0.29, 0.717) is 11.6 Å². The van der Waals surface area contributed by atoms with Crippen molar-refractivity contribution in [3.63, 3.8) is 0 Å². The summed E-state index contributed by atoms with van der Waals surface area (Å²) in [6, 6.07) is 0.690. The summed E-state index contributed by atoms with van der Waals surface area (Å²) in [5.74, 6) is 0.850. The van der Waals surface area contributed by atoms with Crippen LogP contribution in [0.2, 0.25) is 0 Å². The number of aliphatic imine (C=N–C) groups is 1. The van der Waals surface area contributed by atoms with Gasteiger partial charge in [0.25, 0.3) is 0 Å². The first-order chi connectivity index (χ1) is 8.82. The molecule has 18 heavy (non-hydrogen) atoms. The van der Waals surface area contributed by atoms with E-state index in [9.17, 15) is 0 Å². The minimum absolute atomic E-state index is 0.305. The van der Waals surface area contributed by atoms with E-state index in [4.69, 9.17) is 5.73 Å². The van der Waals surface area contributed by atoms with Gasteiger partial charge in [0.1, 0.15) is 0 Å². The van der Waals surface area contributed by atoms with Gasteiger partial charge in [-0.15, -0.1) is 0 Å². The van der Waals surface area contributed by atoms with Crippen LogP contribution in [0.1, 0.15) is 70.6 Å². The molecule has 0 amide bonds. The second-order valence-corrected chi connectivity index (χ2v) is 6.47. The summed E-state index contributed by atoms with van der Waals surface area (Å²) in [7, 11) is 0. The van der Waals surface area contributed by atoms with Gasteiger partial charge in [-0.1, -0.05) is 44.9 Å². The molecule has 0 unspecified atom stereocenters. The van der Waals surface area contributed by atoms with Crippen LogP contribution in [0.5, 0.6) is 0 Å². The fourth-order valence-electron chi connectivity index (χ4n) is 4.32. The number of hydrogen-bond donors (Lipinski definition) is 1. The Morgan fingerprint density at radius 3 is 2.22 bits per heavy atom. The summed E-state index contributed by atoms with van der Waals surface area (Å²) in [5.41, 5.74) is 6.54. The van der Waals surface area contributed by atoms with E-state index in [1.165, 1.54) is 70.6 Å². The Morgan fingerprint density at radius 1 is 0.944 bits per heavy atom. The van der Waals surface area contributed by atoms with Crippen LogP contribution in [0.4, 0.5) is 0 Å². The fourth-order valence-corrected chi connectivity index (χ4v) is 4.32. The van der Waals surface area contributed by atoms with E-state index >= 15 is 0 Å². The first-order valence-electron chi connectivity index (χ1n) is 7.91. The Hall–Kier alpha value is -0.730. The zero-order chi connectivity index (χ0) is 12.4. The maximum atomic E-state index is 6.23. The second-order valence-electron chi connectivity index (χ2n) is 6.47. The van der Waals surface area contributed by atoms with E-state index in [0.717, 1.165) is 12.5 Å². The average molecular weight is 249 g/mol. The molecular formula is C15H27N3. The van der Waals surface area contributed by atoms with Crippen molar-refractivity contribution in [1.82, 2.24) is 4.90 Å². The molecule has 3 heteroatoms. The van der Waals surface area contributed by atoms with Gasteiger partial charge in [0.15, 0.2) is 5.96 Å². The summed E-state index contributed by atoms with van der Waals surface area (Å²) in [6.45, 7) is 0.968. The molecule has 2 aliphatic carbocycles. The van der Waals surface area contributed by atoms with Crippen LogP contribution in [-0.4, -0.2) is 29.0 Å². The van der Waals surface area contributed by atoms with Crippen molar-refractivity contribution in [3.05, 3.63) is 0 Å². The maximum Gasteiger partial charge on any atom is 0.192 e. The number of nitrogens with two attached hydrogens (primary N) is 1. The van der Waals surface area contributed by atoms with Crippen LogP contribution in [0.25, 0.3) is 0 Å². The lowest BCUT2D eigenvalue weighted by molar-refractivity contribution is 0.115. The highest BCUT2D eigenvalue weighted by Crippen LogP contribution is 2.39. The lowest BCUT2D eigenvalue weighted by atomic mass is 9.82. The summed E-state index contributed by atoms with van der Waals surface area (Å²) in [5, 5.41) is 0. The first-order valence-corrected chi connectivity index (χ1v) is 7.91. The minimum atomic E-state index is 0.305. The Kier molecular flexibility index (Phi) is 3.49. The molecule has 0 bridgehead atoms. The molecule has 0 aromatic carbocycles. The quantitative estimate of drug-likeness (QED) is 0.776. The monoisotopic (exact) mass is 249 g/mol. The Morgan fingerprint density at radius 2 is 1.56 bits per heavy atom. The van der Waals surface area contributed by atoms with Crippen LogP contribution in [-0.2, 0) is 0 Å². The summed E-state index contributed by atoms with van der Waals surface area (Å²) < 4.78 is 0. The SMILES string of the molecule is NC1=NCC2(CCCCCCC2)N1C1CCCC1. The molecule has 102 valence electrons. The van der Waals surface area contributed by atoms with Crippen LogP contribution < -0.4 is 5.73 Å². The predicted molar refractivity (Wildman–Crippen MR) is 75.6 cm³/mol. The molecule has 3 rings (SSSR count). The molecule has 1 aliphatic heterocycles. The molecule has 0 aromatic rings. The van der Waals surface area contributed by atoms with Crippen LogP contribution in [0.3, 0.4) is 0 Å². The van der Waals surface area contributed by atoms with Crippen molar-refractivity contribution in [1.29, 1.82) is 0 Å². The number of hydrogen-bond acceptors (Lipinski definition) is 3. The Labute approximate surface area is 111 Å². The molecule has 1 heterocycles. The zero-order valence-electron chi connectivity index (χ0n) is 11.5. The highest BCUT2D eigenvalue weighted by atomic mass is 15.4. The van der Waals surface area contributed by atoms with Crippen molar-refractivity contribution in [2.75, 3.05) is 6.54 Å². The van der Waals surface area contributed by atoms with E-state index < -0.39 is 0 Å². The van der Waals surface area contributed by atoms with Gasteiger partial charge in [-0.3, -0.25) is 4.99 Å². The number of guanidine groups is 1. The van der Waals surface area contributed by atoms with Gasteiger partial charge >= 0.3 is 0 Å². The molecule has 1 spiro atoms. The number of nitrogens with zero attached hydrogens (tertiary/aromatic N) is 2. The molecule has 0 saturated heterocycles. The molecule has 3 aliphatic rings. The van der Waals surface area contributed by atoms with Crippen molar-refractivity contribution in [2.45, 2.75) is 82.2 Å². The van der Waals surface area contributed by atoms with Crippen LogP contribution in [0.15, 0.2) is 4.99 Å². The van der Waals surface area contributed by atoms with Gasteiger partial charge in [0, 0.05) is 6.04 Å². The smallest absolute Gasteiger partial charge is 0.192 e. The van der Waals surface area contributed by atoms with Gasteiger partial charge in [0.05, 0.1) is 12.1 Å². The van der Waals surface area contributed by atoms with Crippen molar-refractivity contribution in [2.24, 2.45) is 10.7 Å². The molecule has 2 saturated carbocycles. The molecular weight excluding hydrogens is 222 g/mol. The Balaban J connectivity index is 1.79. The molecule has 3 nitrogen and oxygen atoms in total. The standard InChI is InChI=1S/C15H27N3/c16-14-17-12-15(10-6-2-1-3-7-11-15)18(14)13-8-4-5-9-13/h13H,1-12H2,(H2,16,17). The third-order valence-corrected chi connectivity index (χ3v) is 5.27. The maximum absolute atomic E-state index is 6.23. The summed E-state index contributed by atoms with van der Waals surface area (Å²) in [4.78, 5) is 7.19. The molecule has 2 N–H and O–H groups in total. The highest BCUT2D eigenvalue weighted by molar-refractivity contribution is 5.81. The van der Waals surface area contributed by atoms with Crippen molar-refractivity contribution >= 4 is 5.96 Å². The number of rotatable bonds is 1. The van der Waals surface area contributed by atoms with E-state index in [1.54, 1.807) is 0 Å². The second kappa shape index (κ2) is 5.10. The Bertz CT molecular complexity index is 310. The molecule has 0 radical (unpaired) electrons. The third kappa shape index (κ3) is 2.12. The van der Waals surface area contributed by atoms with Gasteiger partial charge in [0.2, 0.25) is 0 Å². The normalized spacial score (nSPS) is 29.3. The van der Waals surface area contributed by atoms with Gasteiger partial charge in [-0.25, -0.2) is 0 Å².